The highest BCUT2D eigenvalue weighted by Gasteiger charge is 2.22. The molecule has 1 aromatic heterocycles. The molecule has 0 N–H and O–H groups in total. The van der Waals surface area contributed by atoms with Gasteiger partial charge in [-0.15, -0.1) is 0 Å². The lowest BCUT2D eigenvalue weighted by atomic mass is 10.1. The maximum atomic E-state index is 12.5. The normalized spacial score (nSPS) is 11.0. The summed E-state index contributed by atoms with van der Waals surface area (Å²) in [5.74, 6) is 1.26. The van der Waals surface area contributed by atoms with Gasteiger partial charge in [0.05, 0.1) is 16.0 Å². The molecule has 2 aliphatic rings. The summed E-state index contributed by atoms with van der Waals surface area (Å²) in [5, 5.41) is 1.67. The Morgan fingerprint density at radius 1 is 1.00 bits per heavy atom. The third-order valence-electron chi connectivity index (χ3n) is 4.32. The van der Waals surface area contributed by atoms with E-state index in [4.69, 9.17) is 37.1 Å². The Kier molecular flexibility index (Phi) is 5.48. The molecule has 4 aromatic rings. The van der Waals surface area contributed by atoms with Crippen molar-refractivity contribution in [2.45, 2.75) is 6.92 Å². The van der Waals surface area contributed by atoms with Crippen molar-refractivity contribution in [1.29, 1.82) is 0 Å². The average Bonchev–Trinajstić information content (AvgIpc) is 2.74. The molecule has 3 aromatic carbocycles. The van der Waals surface area contributed by atoms with Crippen LogP contribution in [-0.4, -0.2) is 5.97 Å². The average molecular weight is 441 g/mol. The topological polar surface area (TPSA) is 65.7 Å². The highest BCUT2D eigenvalue weighted by molar-refractivity contribution is 6.39. The molecule has 3 heterocycles. The van der Waals surface area contributed by atoms with Crippen molar-refractivity contribution in [2.24, 2.45) is 0 Å². The van der Waals surface area contributed by atoms with Gasteiger partial charge in [0.2, 0.25) is 0 Å². The number of ether oxygens (including phenoxy) is 2. The second kappa shape index (κ2) is 8.22. The number of carbonyl (C=O) groups excluding carboxylic acids is 1. The Balaban J connectivity index is 0.000000200. The molecule has 30 heavy (non-hydrogen) atoms. The monoisotopic (exact) mass is 440 g/mol. The van der Waals surface area contributed by atoms with Crippen molar-refractivity contribution < 1.29 is 18.7 Å². The predicted molar refractivity (Wildman–Crippen MR) is 116 cm³/mol. The second-order valence-corrected chi connectivity index (χ2v) is 7.17. The van der Waals surface area contributed by atoms with E-state index in [2.05, 4.69) is 0 Å². The molecular formula is C23H14Cl2O5. The van der Waals surface area contributed by atoms with Gasteiger partial charge >= 0.3 is 5.97 Å². The number of benzene rings is 3. The summed E-state index contributed by atoms with van der Waals surface area (Å²) in [6.45, 7) is 1.32. The van der Waals surface area contributed by atoms with Crippen LogP contribution in [0, 0.1) is 0 Å². The maximum absolute atomic E-state index is 12.5. The summed E-state index contributed by atoms with van der Waals surface area (Å²) in [6.07, 6.45) is 1.43. The van der Waals surface area contributed by atoms with Crippen LogP contribution < -0.4 is 14.9 Å². The minimum absolute atomic E-state index is 0.114. The Bertz CT molecular complexity index is 1310. The number of rotatable bonds is 2. The summed E-state index contributed by atoms with van der Waals surface area (Å²) >= 11 is 11.3. The SMILES string of the molecule is CC(=O)Oc1ccc2c(=O)c(-c3ccccc3)coc2c1.Clc1ccc2c(Cl)c1O2. The van der Waals surface area contributed by atoms with E-state index in [-0.39, 0.29) is 5.43 Å². The van der Waals surface area contributed by atoms with E-state index in [1.165, 1.54) is 19.3 Å². The maximum Gasteiger partial charge on any atom is 0.308 e. The third-order valence-corrected chi connectivity index (χ3v) is 4.97. The van der Waals surface area contributed by atoms with E-state index in [1.54, 1.807) is 24.3 Å². The van der Waals surface area contributed by atoms with Crippen LogP contribution >= 0.6 is 23.2 Å². The summed E-state index contributed by atoms with van der Waals surface area (Å²) in [6, 6.07) is 17.5. The first-order valence-electron chi connectivity index (χ1n) is 8.89. The molecule has 0 saturated carbocycles. The summed E-state index contributed by atoms with van der Waals surface area (Å²) in [7, 11) is 0. The van der Waals surface area contributed by atoms with E-state index in [1.807, 2.05) is 30.3 Å². The second-order valence-electron chi connectivity index (χ2n) is 6.39. The zero-order valence-corrected chi connectivity index (χ0v) is 17.2. The quantitative estimate of drug-likeness (QED) is 0.232. The van der Waals surface area contributed by atoms with Crippen molar-refractivity contribution in [1.82, 2.24) is 0 Å². The fourth-order valence-corrected chi connectivity index (χ4v) is 3.39. The first-order chi connectivity index (χ1) is 14.4. The molecule has 150 valence electrons. The molecule has 0 saturated heterocycles. The van der Waals surface area contributed by atoms with Crippen molar-refractivity contribution in [3.05, 3.63) is 87.2 Å². The summed E-state index contributed by atoms with van der Waals surface area (Å²) < 4.78 is 15.5. The van der Waals surface area contributed by atoms with Crippen molar-refractivity contribution >= 4 is 40.1 Å². The number of fused-ring (bicyclic) bond motifs is 3. The van der Waals surface area contributed by atoms with Gasteiger partial charge in [-0.25, -0.2) is 0 Å². The molecule has 0 fully saturated rings. The van der Waals surface area contributed by atoms with Crippen LogP contribution in [0.3, 0.4) is 0 Å². The van der Waals surface area contributed by atoms with Crippen LogP contribution in [-0.2, 0) is 4.79 Å². The highest BCUT2D eigenvalue weighted by atomic mass is 35.5. The van der Waals surface area contributed by atoms with Gasteiger partial charge in [-0.3, -0.25) is 9.59 Å². The third kappa shape index (κ3) is 3.90. The fraction of sp³-hybridized carbons (Fsp3) is 0.0435. The van der Waals surface area contributed by atoms with Gasteiger partial charge in [0.25, 0.3) is 0 Å². The molecule has 2 bridgehead atoms. The molecule has 0 radical (unpaired) electrons. The Morgan fingerprint density at radius 3 is 2.37 bits per heavy atom. The van der Waals surface area contributed by atoms with Gasteiger partial charge in [-0.1, -0.05) is 53.5 Å². The minimum Gasteiger partial charge on any atom is -0.463 e. The van der Waals surface area contributed by atoms with Gasteiger partial charge in [-0.05, 0) is 29.8 Å². The lowest BCUT2D eigenvalue weighted by Gasteiger charge is -2.20. The van der Waals surface area contributed by atoms with Crippen molar-refractivity contribution in [3.8, 4) is 28.4 Å². The van der Waals surface area contributed by atoms with Crippen LogP contribution in [0.5, 0.6) is 17.2 Å². The van der Waals surface area contributed by atoms with Crippen LogP contribution in [0.15, 0.2) is 76.1 Å². The Morgan fingerprint density at radius 2 is 1.77 bits per heavy atom. The molecule has 0 amide bonds. The number of hydrogen-bond donors (Lipinski definition) is 0. The van der Waals surface area contributed by atoms with E-state index in [9.17, 15) is 9.59 Å². The van der Waals surface area contributed by atoms with Crippen LogP contribution in [0.2, 0.25) is 10.0 Å². The standard InChI is InChI=1S/C17H12O4.C6H2Cl2O/c1-11(18)21-13-7-8-14-16(9-13)20-10-15(17(14)19)12-5-3-2-4-6-12;7-3-1-2-4-5(8)6(3)9-4/h2-10H,1H3;1-2H. The van der Waals surface area contributed by atoms with Gasteiger partial charge in [0.1, 0.15) is 28.4 Å². The molecular weight excluding hydrogens is 427 g/mol. The molecule has 0 aliphatic carbocycles. The zero-order chi connectivity index (χ0) is 21.3. The number of esters is 1. The lowest BCUT2D eigenvalue weighted by Crippen LogP contribution is -2.05. The van der Waals surface area contributed by atoms with Crippen LogP contribution in [0.4, 0.5) is 0 Å². The molecule has 2 aliphatic heterocycles. The molecule has 0 atom stereocenters. The number of hydrogen-bond acceptors (Lipinski definition) is 5. The molecule has 6 rings (SSSR count). The highest BCUT2D eigenvalue weighted by Crippen LogP contribution is 2.50. The Hall–Kier alpha value is -3.28. The van der Waals surface area contributed by atoms with E-state index in [0.717, 1.165) is 11.3 Å². The smallest absolute Gasteiger partial charge is 0.308 e. The van der Waals surface area contributed by atoms with E-state index >= 15 is 0 Å². The molecule has 0 spiro atoms. The summed E-state index contributed by atoms with van der Waals surface area (Å²) in [5.41, 5.74) is 1.58. The largest absolute Gasteiger partial charge is 0.463 e. The first-order valence-corrected chi connectivity index (χ1v) is 9.65. The van der Waals surface area contributed by atoms with Crippen LogP contribution in [0.25, 0.3) is 22.1 Å². The van der Waals surface area contributed by atoms with Crippen LogP contribution in [0.1, 0.15) is 6.92 Å². The van der Waals surface area contributed by atoms with Crippen molar-refractivity contribution in [2.75, 3.05) is 0 Å². The van der Waals surface area contributed by atoms with Gasteiger partial charge < -0.3 is 13.9 Å². The summed E-state index contributed by atoms with van der Waals surface area (Å²) in [4.78, 5) is 23.4. The zero-order valence-electron chi connectivity index (χ0n) is 15.6. The van der Waals surface area contributed by atoms with E-state index < -0.39 is 5.97 Å². The van der Waals surface area contributed by atoms with Gasteiger partial charge in [0, 0.05) is 13.0 Å². The number of carbonyl (C=O) groups is 1. The lowest BCUT2D eigenvalue weighted by molar-refractivity contribution is -0.131. The molecule has 7 heteroatoms. The molecule has 5 nitrogen and oxygen atoms in total. The van der Waals surface area contributed by atoms with Crippen molar-refractivity contribution in [3.63, 3.8) is 0 Å². The fourth-order valence-electron chi connectivity index (χ4n) is 2.91. The van der Waals surface area contributed by atoms with E-state index in [0.29, 0.717) is 38.1 Å². The number of halogens is 2. The minimum atomic E-state index is -0.419. The van der Waals surface area contributed by atoms with Gasteiger partial charge in [-0.2, -0.15) is 0 Å². The molecule has 0 unspecified atom stereocenters. The Labute approximate surface area is 181 Å². The van der Waals surface area contributed by atoms with Gasteiger partial charge in [0.15, 0.2) is 11.2 Å². The predicted octanol–water partition coefficient (Wildman–Crippen LogP) is 6.48. The first kappa shape index (κ1) is 20.0.